The van der Waals surface area contributed by atoms with E-state index in [2.05, 4.69) is 20.6 Å². The number of aromatic nitrogens is 2. The van der Waals surface area contributed by atoms with Crippen LogP contribution in [-0.4, -0.2) is 21.1 Å². The molecule has 1 aromatic heterocycles. The summed E-state index contributed by atoms with van der Waals surface area (Å²) in [4.78, 5) is 20.0. The third-order valence-corrected chi connectivity index (χ3v) is 5.66. The van der Waals surface area contributed by atoms with E-state index < -0.39 is 30.3 Å². The molecule has 35 heavy (non-hydrogen) atoms. The van der Waals surface area contributed by atoms with E-state index in [0.29, 0.717) is 29.2 Å². The number of hydrogen-bond donors (Lipinski definition) is 5. The van der Waals surface area contributed by atoms with Crippen molar-refractivity contribution < 1.29 is 18.7 Å². The number of aromatic hydroxyl groups is 1. The Morgan fingerprint density at radius 2 is 1.80 bits per heavy atom. The maximum atomic E-state index is 14.2. The van der Waals surface area contributed by atoms with Gasteiger partial charge in [0, 0.05) is 16.8 Å². The van der Waals surface area contributed by atoms with Gasteiger partial charge in [0.1, 0.15) is 23.2 Å². The van der Waals surface area contributed by atoms with Gasteiger partial charge in [-0.2, -0.15) is 0 Å². The van der Waals surface area contributed by atoms with E-state index in [4.69, 9.17) is 17.3 Å². The molecule has 0 saturated heterocycles. The Kier molecular flexibility index (Phi) is 7.17. The highest BCUT2D eigenvalue weighted by Gasteiger charge is 2.22. The number of anilines is 1. The average Bonchev–Trinajstić information content (AvgIpc) is 3.24. The van der Waals surface area contributed by atoms with Crippen molar-refractivity contribution in [2.75, 3.05) is 5.73 Å². The fraction of sp³-hybridized carbons (Fsp3) is 0.120. The number of amides is 2. The lowest BCUT2D eigenvalue weighted by Gasteiger charge is -2.18. The van der Waals surface area contributed by atoms with Crippen molar-refractivity contribution in [2.45, 2.75) is 19.0 Å². The number of hydrogen-bond acceptors (Lipinski definition) is 4. The third kappa shape index (κ3) is 5.70. The van der Waals surface area contributed by atoms with Crippen molar-refractivity contribution >= 4 is 23.3 Å². The molecule has 0 radical (unpaired) electrons. The minimum atomic E-state index is -0.933. The standard InChI is InChI=1S/C25H22ClF2N5O2/c26-18-10-11-19(27)17(21(18)28)13-30-25(35)31-20(12-14-4-2-1-3-5-14)23-32-22(24(34)33-23)15-6-8-16(29)9-7-15/h1-11,20,34H,12-13,29H2,(H,32,33)(H2,30,31,35)/t20-/m0/s1. The van der Waals surface area contributed by atoms with Gasteiger partial charge in [-0.1, -0.05) is 54.1 Å². The van der Waals surface area contributed by atoms with Crippen LogP contribution in [0.2, 0.25) is 5.02 Å². The molecule has 4 rings (SSSR count). The molecule has 0 aliphatic rings. The molecule has 0 aliphatic heterocycles. The Labute approximate surface area is 205 Å². The van der Waals surface area contributed by atoms with E-state index in [1.807, 2.05) is 30.3 Å². The summed E-state index contributed by atoms with van der Waals surface area (Å²) in [6.07, 6.45) is 0.336. The number of benzene rings is 3. The molecular weight excluding hydrogens is 476 g/mol. The van der Waals surface area contributed by atoms with E-state index in [0.717, 1.165) is 17.7 Å². The molecule has 0 aliphatic carbocycles. The summed E-state index contributed by atoms with van der Waals surface area (Å²) in [5, 5.41) is 15.4. The number of aromatic amines is 1. The first kappa shape index (κ1) is 24.0. The second-order valence-corrected chi connectivity index (χ2v) is 8.24. The van der Waals surface area contributed by atoms with E-state index in [1.54, 1.807) is 24.3 Å². The minimum absolute atomic E-state index is 0.173. The smallest absolute Gasteiger partial charge is 0.315 e. The minimum Gasteiger partial charge on any atom is -0.493 e. The molecule has 1 heterocycles. The summed E-state index contributed by atoms with van der Waals surface area (Å²) >= 11 is 5.72. The lowest BCUT2D eigenvalue weighted by molar-refractivity contribution is 0.235. The highest BCUT2D eigenvalue weighted by atomic mass is 35.5. The summed E-state index contributed by atoms with van der Waals surface area (Å²) in [6, 6.07) is 16.9. The van der Waals surface area contributed by atoms with Gasteiger partial charge in [-0.3, -0.25) is 0 Å². The topological polar surface area (TPSA) is 116 Å². The number of nitrogens with two attached hydrogens (primary N) is 1. The van der Waals surface area contributed by atoms with E-state index >= 15 is 0 Å². The van der Waals surface area contributed by atoms with Gasteiger partial charge in [0.2, 0.25) is 5.88 Å². The first-order chi connectivity index (χ1) is 16.8. The number of carbonyl (C=O) groups excluding carboxylic acids is 1. The monoisotopic (exact) mass is 497 g/mol. The second kappa shape index (κ2) is 10.4. The molecule has 0 spiro atoms. The number of carbonyl (C=O) groups is 1. The number of H-pyrrole nitrogens is 1. The zero-order valence-electron chi connectivity index (χ0n) is 18.4. The maximum absolute atomic E-state index is 14.2. The van der Waals surface area contributed by atoms with Crippen molar-refractivity contribution in [2.24, 2.45) is 0 Å². The Morgan fingerprint density at radius 1 is 1.09 bits per heavy atom. The lowest BCUT2D eigenvalue weighted by Crippen LogP contribution is -2.39. The predicted molar refractivity (Wildman–Crippen MR) is 130 cm³/mol. The second-order valence-electron chi connectivity index (χ2n) is 7.83. The molecular formula is C25H22ClF2N5O2. The van der Waals surface area contributed by atoms with Crippen molar-refractivity contribution in [3.8, 4) is 17.1 Å². The SMILES string of the molecule is Nc1ccc(-c2nc([C@H](Cc3ccccc3)NC(=O)NCc3c(F)ccc(Cl)c3F)[nH]c2O)cc1. The van der Waals surface area contributed by atoms with Gasteiger partial charge in [-0.05, 0) is 36.2 Å². The summed E-state index contributed by atoms with van der Waals surface area (Å²) < 4.78 is 28.2. The van der Waals surface area contributed by atoms with Crippen LogP contribution in [0.1, 0.15) is 23.0 Å². The van der Waals surface area contributed by atoms with E-state index in [9.17, 15) is 18.7 Å². The number of imidazole rings is 1. The van der Waals surface area contributed by atoms with Crippen LogP contribution in [0.15, 0.2) is 66.7 Å². The molecule has 10 heteroatoms. The fourth-order valence-corrected chi connectivity index (χ4v) is 3.74. The van der Waals surface area contributed by atoms with Crippen LogP contribution in [0.5, 0.6) is 5.88 Å². The Hall–Kier alpha value is -4.11. The zero-order chi connectivity index (χ0) is 24.9. The first-order valence-corrected chi connectivity index (χ1v) is 11.0. The largest absolute Gasteiger partial charge is 0.493 e. The van der Waals surface area contributed by atoms with Crippen LogP contribution in [0.3, 0.4) is 0 Å². The number of nitrogens with zero attached hydrogens (tertiary/aromatic N) is 1. The molecule has 3 aromatic carbocycles. The van der Waals surface area contributed by atoms with Crippen LogP contribution in [0.25, 0.3) is 11.3 Å². The average molecular weight is 498 g/mol. The number of urea groups is 1. The summed E-state index contributed by atoms with van der Waals surface area (Å²) in [5.74, 6) is -1.63. The zero-order valence-corrected chi connectivity index (χ0v) is 19.1. The number of nitrogens with one attached hydrogen (secondary N) is 3. The maximum Gasteiger partial charge on any atom is 0.315 e. The lowest BCUT2D eigenvalue weighted by atomic mass is 10.1. The number of nitrogen functional groups attached to an aromatic ring is 1. The molecule has 0 bridgehead atoms. The quantitative estimate of drug-likeness (QED) is 0.181. The molecule has 0 unspecified atom stereocenters. The molecule has 0 fully saturated rings. The van der Waals surface area contributed by atoms with Gasteiger partial charge >= 0.3 is 6.03 Å². The van der Waals surface area contributed by atoms with Gasteiger partial charge in [-0.25, -0.2) is 18.6 Å². The fourth-order valence-electron chi connectivity index (χ4n) is 3.56. The van der Waals surface area contributed by atoms with Gasteiger partial charge in [0.25, 0.3) is 0 Å². The van der Waals surface area contributed by atoms with Crippen LogP contribution >= 0.6 is 11.6 Å². The Bertz CT molecular complexity index is 1330. The molecule has 6 N–H and O–H groups in total. The third-order valence-electron chi connectivity index (χ3n) is 5.37. The van der Waals surface area contributed by atoms with Gasteiger partial charge < -0.3 is 26.5 Å². The van der Waals surface area contributed by atoms with Crippen molar-refractivity contribution in [1.82, 2.24) is 20.6 Å². The Morgan fingerprint density at radius 3 is 2.51 bits per heavy atom. The molecule has 180 valence electrons. The summed E-state index contributed by atoms with van der Waals surface area (Å²) in [5.41, 5.74) is 7.77. The molecule has 1 atom stereocenters. The number of halogens is 3. The highest BCUT2D eigenvalue weighted by molar-refractivity contribution is 6.30. The first-order valence-electron chi connectivity index (χ1n) is 10.7. The van der Waals surface area contributed by atoms with Crippen molar-refractivity contribution in [3.63, 3.8) is 0 Å². The van der Waals surface area contributed by atoms with Gasteiger partial charge in [-0.15, -0.1) is 0 Å². The van der Waals surface area contributed by atoms with Crippen LogP contribution in [0, 0.1) is 11.6 Å². The Balaban J connectivity index is 1.56. The highest BCUT2D eigenvalue weighted by Crippen LogP contribution is 2.30. The van der Waals surface area contributed by atoms with Crippen LogP contribution in [0.4, 0.5) is 19.3 Å². The van der Waals surface area contributed by atoms with Crippen molar-refractivity contribution in [1.29, 1.82) is 0 Å². The molecule has 0 saturated carbocycles. The van der Waals surface area contributed by atoms with E-state index in [-0.39, 0.29) is 16.5 Å². The molecule has 4 aromatic rings. The predicted octanol–water partition coefficient (Wildman–Crippen LogP) is 5.08. The molecule has 7 nitrogen and oxygen atoms in total. The summed E-state index contributed by atoms with van der Waals surface area (Å²) in [6.45, 7) is -0.414. The van der Waals surface area contributed by atoms with Crippen molar-refractivity contribution in [3.05, 3.63) is 100 Å². The number of rotatable bonds is 7. The summed E-state index contributed by atoms with van der Waals surface area (Å²) in [7, 11) is 0. The van der Waals surface area contributed by atoms with Crippen LogP contribution in [-0.2, 0) is 13.0 Å². The van der Waals surface area contributed by atoms with E-state index in [1.165, 1.54) is 0 Å². The van der Waals surface area contributed by atoms with Crippen LogP contribution < -0.4 is 16.4 Å². The molecule has 2 amide bonds. The van der Waals surface area contributed by atoms with Gasteiger partial charge in [0.05, 0.1) is 17.6 Å². The normalized spacial score (nSPS) is 11.7. The van der Waals surface area contributed by atoms with Gasteiger partial charge in [0.15, 0.2) is 0 Å².